The molecule has 1 saturated carbocycles. The van der Waals surface area contributed by atoms with Crippen molar-refractivity contribution in [2.75, 3.05) is 18.4 Å². The van der Waals surface area contributed by atoms with Crippen LogP contribution in [0.25, 0.3) is 5.82 Å². The lowest BCUT2D eigenvalue weighted by molar-refractivity contribution is 0.169. The molecule has 3 heterocycles. The van der Waals surface area contributed by atoms with E-state index in [-0.39, 0.29) is 6.03 Å². The fourth-order valence-corrected chi connectivity index (χ4v) is 3.46. The minimum absolute atomic E-state index is 0.0464. The third kappa shape index (κ3) is 2.97. The van der Waals surface area contributed by atoms with Gasteiger partial charge in [0.15, 0.2) is 5.82 Å². The number of halogens is 1. The number of aromatic nitrogens is 3. The lowest BCUT2D eigenvalue weighted by Crippen LogP contribution is -2.43. The van der Waals surface area contributed by atoms with E-state index in [1.807, 2.05) is 17.0 Å². The third-order valence-electron chi connectivity index (χ3n) is 4.71. The van der Waals surface area contributed by atoms with Crippen molar-refractivity contribution in [1.82, 2.24) is 19.7 Å². The second kappa shape index (κ2) is 5.63. The number of anilines is 1. The Balaban J connectivity index is 1.50. The first-order valence-corrected chi connectivity index (χ1v) is 8.66. The maximum absolute atomic E-state index is 12.6. The van der Waals surface area contributed by atoms with Gasteiger partial charge in [0.25, 0.3) is 0 Å². The highest BCUT2D eigenvalue weighted by Gasteiger charge is 2.46. The van der Waals surface area contributed by atoms with E-state index in [2.05, 4.69) is 31.3 Å². The number of pyridine rings is 1. The monoisotopic (exact) mass is 375 g/mol. The van der Waals surface area contributed by atoms with Gasteiger partial charge in [-0.25, -0.2) is 9.78 Å². The van der Waals surface area contributed by atoms with Gasteiger partial charge in [0.05, 0.1) is 6.20 Å². The predicted molar refractivity (Wildman–Crippen MR) is 90.6 cm³/mol. The van der Waals surface area contributed by atoms with E-state index in [0.29, 0.717) is 17.1 Å². The first-order chi connectivity index (χ1) is 11.2. The van der Waals surface area contributed by atoms with E-state index in [4.69, 9.17) is 0 Å². The molecular formula is C16H18BrN5O. The van der Waals surface area contributed by atoms with Crippen molar-refractivity contribution in [2.24, 2.45) is 5.41 Å². The van der Waals surface area contributed by atoms with Crippen molar-refractivity contribution in [3.05, 3.63) is 35.1 Å². The van der Waals surface area contributed by atoms with Gasteiger partial charge in [-0.2, -0.15) is 9.78 Å². The molecule has 1 saturated heterocycles. The number of nitrogens with zero attached hydrogens (tertiary/aromatic N) is 4. The Hall–Kier alpha value is -1.89. The summed E-state index contributed by atoms with van der Waals surface area (Å²) in [5, 5.41) is 7.24. The summed E-state index contributed by atoms with van der Waals surface area (Å²) in [4.78, 5) is 18.8. The Bertz CT molecular complexity index is 722. The van der Waals surface area contributed by atoms with Gasteiger partial charge >= 0.3 is 6.03 Å². The number of carbonyl (C=O) groups is 1. The number of carbonyl (C=O) groups excluding carboxylic acids is 1. The molecule has 1 aliphatic heterocycles. The Kier molecular flexibility index (Phi) is 3.60. The van der Waals surface area contributed by atoms with Crippen molar-refractivity contribution >= 4 is 27.8 Å². The van der Waals surface area contributed by atoms with Crippen molar-refractivity contribution in [1.29, 1.82) is 0 Å². The van der Waals surface area contributed by atoms with Crippen LogP contribution in [0.2, 0.25) is 0 Å². The fraction of sp³-hybridized carbons (Fsp3) is 0.438. The second-order valence-corrected chi connectivity index (χ2v) is 7.33. The molecule has 2 fully saturated rings. The van der Waals surface area contributed by atoms with Crippen molar-refractivity contribution < 1.29 is 4.79 Å². The molecule has 1 N–H and O–H groups in total. The molecule has 23 heavy (non-hydrogen) atoms. The van der Waals surface area contributed by atoms with E-state index >= 15 is 0 Å². The van der Waals surface area contributed by atoms with Crippen LogP contribution in [-0.2, 0) is 0 Å². The summed E-state index contributed by atoms with van der Waals surface area (Å²) in [5.74, 6) is 1.31. The van der Waals surface area contributed by atoms with Gasteiger partial charge in [0.2, 0.25) is 0 Å². The molecular weight excluding hydrogens is 358 g/mol. The zero-order valence-electron chi connectivity index (χ0n) is 12.7. The zero-order valence-corrected chi connectivity index (χ0v) is 14.3. The number of hydrogen-bond acceptors (Lipinski definition) is 3. The Morgan fingerprint density at radius 1 is 1.26 bits per heavy atom. The maximum atomic E-state index is 12.6. The lowest BCUT2D eigenvalue weighted by Gasteiger charge is -2.32. The van der Waals surface area contributed by atoms with Crippen LogP contribution in [0, 0.1) is 5.41 Å². The molecule has 2 amide bonds. The normalized spacial score (nSPS) is 18.9. The summed E-state index contributed by atoms with van der Waals surface area (Å²) in [6.07, 6.45) is 8.26. The molecule has 120 valence electrons. The highest BCUT2D eigenvalue weighted by Crippen LogP contribution is 2.52. The fourth-order valence-electron chi connectivity index (χ4n) is 3.23. The molecule has 7 heteroatoms. The third-order valence-corrected chi connectivity index (χ3v) is 5.18. The molecule has 4 rings (SSSR count). The summed E-state index contributed by atoms with van der Waals surface area (Å²) < 4.78 is 2.54. The van der Waals surface area contributed by atoms with Gasteiger partial charge in [-0.3, -0.25) is 5.32 Å². The summed E-state index contributed by atoms with van der Waals surface area (Å²) in [5.41, 5.74) is 0.420. The highest BCUT2D eigenvalue weighted by molar-refractivity contribution is 9.10. The number of rotatable bonds is 2. The molecule has 0 unspecified atom stereocenters. The maximum Gasteiger partial charge on any atom is 0.323 e. The van der Waals surface area contributed by atoms with Crippen LogP contribution >= 0.6 is 15.9 Å². The van der Waals surface area contributed by atoms with Crippen LogP contribution < -0.4 is 5.32 Å². The number of urea groups is 1. The van der Waals surface area contributed by atoms with Crippen LogP contribution in [0.5, 0.6) is 0 Å². The summed E-state index contributed by atoms with van der Waals surface area (Å²) in [7, 11) is 0. The number of hydrogen-bond donors (Lipinski definition) is 1. The SMILES string of the molecule is O=C(Nc1ccnn1-c1ccc(Br)cn1)N1CCCC2(CC2)C1. The van der Waals surface area contributed by atoms with Crippen molar-refractivity contribution in [3.8, 4) is 5.82 Å². The van der Waals surface area contributed by atoms with Crippen LogP contribution in [0.1, 0.15) is 25.7 Å². The summed E-state index contributed by atoms with van der Waals surface area (Å²) in [6, 6.07) is 5.50. The minimum atomic E-state index is -0.0464. The van der Waals surface area contributed by atoms with Crippen LogP contribution in [0.3, 0.4) is 0 Å². The molecule has 2 aromatic rings. The highest BCUT2D eigenvalue weighted by atomic mass is 79.9. The van der Waals surface area contributed by atoms with Gasteiger partial charge in [-0.05, 0) is 59.2 Å². The Morgan fingerprint density at radius 2 is 2.13 bits per heavy atom. The summed E-state index contributed by atoms with van der Waals surface area (Å²) in [6.45, 7) is 1.71. The van der Waals surface area contributed by atoms with E-state index in [1.54, 1.807) is 23.1 Å². The molecule has 1 aliphatic carbocycles. The first kappa shape index (κ1) is 14.7. The van der Waals surface area contributed by atoms with Gasteiger partial charge in [0.1, 0.15) is 5.82 Å². The van der Waals surface area contributed by atoms with Crippen LogP contribution in [0.15, 0.2) is 35.1 Å². The number of nitrogens with one attached hydrogen (secondary N) is 1. The van der Waals surface area contributed by atoms with E-state index in [0.717, 1.165) is 24.0 Å². The average Bonchev–Trinajstić information content (AvgIpc) is 3.13. The van der Waals surface area contributed by atoms with E-state index < -0.39 is 0 Å². The first-order valence-electron chi connectivity index (χ1n) is 7.87. The smallest absolute Gasteiger partial charge is 0.323 e. The molecule has 1 spiro atoms. The number of piperidine rings is 1. The van der Waals surface area contributed by atoms with Gasteiger partial charge in [-0.1, -0.05) is 0 Å². The number of likely N-dealkylation sites (tertiary alicyclic amines) is 1. The summed E-state index contributed by atoms with van der Waals surface area (Å²) >= 11 is 3.37. The van der Waals surface area contributed by atoms with Gasteiger partial charge in [-0.15, -0.1) is 0 Å². The van der Waals surface area contributed by atoms with Gasteiger partial charge in [0, 0.05) is 29.8 Å². The molecule has 2 aliphatic rings. The van der Waals surface area contributed by atoms with Crippen molar-refractivity contribution in [2.45, 2.75) is 25.7 Å². The lowest BCUT2D eigenvalue weighted by atomic mass is 9.95. The second-order valence-electron chi connectivity index (χ2n) is 6.42. The molecule has 0 atom stereocenters. The Morgan fingerprint density at radius 3 is 2.87 bits per heavy atom. The van der Waals surface area contributed by atoms with Crippen LogP contribution in [0.4, 0.5) is 10.6 Å². The quantitative estimate of drug-likeness (QED) is 0.874. The topological polar surface area (TPSA) is 63.1 Å². The molecule has 2 aromatic heterocycles. The van der Waals surface area contributed by atoms with Gasteiger partial charge < -0.3 is 4.90 Å². The molecule has 6 nitrogen and oxygen atoms in total. The predicted octanol–water partition coefficient (Wildman–Crippen LogP) is 3.44. The molecule has 0 aromatic carbocycles. The van der Waals surface area contributed by atoms with Crippen molar-refractivity contribution in [3.63, 3.8) is 0 Å². The Labute approximate surface area is 143 Å². The molecule has 0 radical (unpaired) electrons. The number of amides is 2. The standard InChI is InChI=1S/C16H18BrN5O/c17-12-2-3-13(18-10-12)22-14(4-8-19-22)20-15(23)21-9-1-5-16(11-21)6-7-16/h2-4,8,10H,1,5-7,9,11H2,(H,20,23). The van der Waals surface area contributed by atoms with Crippen LogP contribution in [-0.4, -0.2) is 38.8 Å². The minimum Gasteiger partial charge on any atom is -0.324 e. The average molecular weight is 376 g/mol. The largest absolute Gasteiger partial charge is 0.324 e. The van der Waals surface area contributed by atoms with E-state index in [1.165, 1.54) is 19.3 Å². The zero-order chi connectivity index (χ0) is 15.9. The van der Waals surface area contributed by atoms with E-state index in [9.17, 15) is 4.79 Å². The molecule has 0 bridgehead atoms.